The normalized spacial score (nSPS) is 14.7. The molecule has 0 radical (unpaired) electrons. The molecule has 0 bridgehead atoms. The SMILES string of the molecule is CCCC1=C(C(=O)OCC)[C@@H](c2cc(OC)ccc2OC)n2c(s/c(=C\c3ccc(-c4ccc(F)c([N+](=O)[O-])c4)o3)c2=O)=N1. The summed E-state index contributed by atoms with van der Waals surface area (Å²) in [7, 11) is 3.02. The second-order valence-electron chi connectivity index (χ2n) is 9.65. The molecule has 1 aliphatic rings. The fourth-order valence-electron chi connectivity index (χ4n) is 4.99. The number of nitro benzene ring substituents is 1. The fraction of sp³-hybridized carbons (Fsp3) is 0.258. The second-order valence-corrected chi connectivity index (χ2v) is 10.7. The first-order valence-electron chi connectivity index (χ1n) is 13.7. The van der Waals surface area contributed by atoms with Gasteiger partial charge in [-0.2, -0.15) is 4.39 Å². The topological polar surface area (TPSA) is 135 Å². The number of rotatable bonds is 10. The number of hydrogen-bond acceptors (Lipinski definition) is 10. The number of carbonyl (C=O) groups is 1. The number of nitrogens with zero attached hydrogens (tertiary/aromatic N) is 3. The van der Waals surface area contributed by atoms with Crippen molar-refractivity contribution in [3.05, 3.63) is 107 Å². The van der Waals surface area contributed by atoms with Crippen molar-refractivity contribution in [1.82, 2.24) is 4.57 Å². The van der Waals surface area contributed by atoms with Gasteiger partial charge in [0.25, 0.3) is 5.56 Å². The summed E-state index contributed by atoms with van der Waals surface area (Å²) < 4.78 is 38.0. The molecule has 0 amide bonds. The minimum atomic E-state index is -0.960. The number of furan rings is 1. The minimum absolute atomic E-state index is 0.131. The molecule has 228 valence electrons. The van der Waals surface area contributed by atoms with Crippen molar-refractivity contribution in [2.24, 2.45) is 4.99 Å². The fourth-order valence-corrected chi connectivity index (χ4v) is 5.99. The van der Waals surface area contributed by atoms with Gasteiger partial charge in [-0.15, -0.1) is 0 Å². The van der Waals surface area contributed by atoms with Crippen LogP contribution in [0.4, 0.5) is 10.1 Å². The number of halogens is 1. The van der Waals surface area contributed by atoms with Crippen LogP contribution in [-0.4, -0.2) is 36.3 Å². The Balaban J connectivity index is 1.70. The van der Waals surface area contributed by atoms with Crippen molar-refractivity contribution in [3.8, 4) is 22.8 Å². The number of aromatic nitrogens is 1. The molecule has 44 heavy (non-hydrogen) atoms. The lowest BCUT2D eigenvalue weighted by molar-refractivity contribution is -0.387. The number of thiazole rings is 1. The monoisotopic (exact) mass is 621 g/mol. The van der Waals surface area contributed by atoms with E-state index in [1.807, 2.05) is 6.92 Å². The molecule has 0 fully saturated rings. The summed E-state index contributed by atoms with van der Waals surface area (Å²) in [6, 6.07) is 10.8. The lowest BCUT2D eigenvalue weighted by Gasteiger charge is -2.27. The average molecular weight is 622 g/mol. The Morgan fingerprint density at radius 3 is 2.64 bits per heavy atom. The van der Waals surface area contributed by atoms with Crippen LogP contribution in [0.1, 0.15) is 44.1 Å². The molecule has 11 nitrogen and oxygen atoms in total. The molecule has 0 saturated heterocycles. The van der Waals surface area contributed by atoms with Crippen molar-refractivity contribution < 1.29 is 32.7 Å². The highest BCUT2D eigenvalue weighted by Gasteiger charge is 2.36. The van der Waals surface area contributed by atoms with E-state index < -0.39 is 34.0 Å². The maximum absolute atomic E-state index is 14.1. The van der Waals surface area contributed by atoms with Crippen LogP contribution >= 0.6 is 11.3 Å². The zero-order chi connectivity index (χ0) is 31.5. The highest BCUT2D eigenvalue weighted by molar-refractivity contribution is 7.07. The number of benzene rings is 2. The van der Waals surface area contributed by atoms with Crippen LogP contribution in [0.2, 0.25) is 0 Å². The maximum Gasteiger partial charge on any atom is 0.338 e. The number of hydrogen-bond donors (Lipinski definition) is 0. The molecule has 2 aromatic heterocycles. The third kappa shape index (κ3) is 5.65. The van der Waals surface area contributed by atoms with Gasteiger partial charge in [0.15, 0.2) is 4.80 Å². The van der Waals surface area contributed by atoms with E-state index in [-0.39, 0.29) is 28.2 Å². The van der Waals surface area contributed by atoms with E-state index in [1.165, 1.54) is 30.9 Å². The minimum Gasteiger partial charge on any atom is -0.497 e. The van der Waals surface area contributed by atoms with Gasteiger partial charge in [-0.25, -0.2) is 9.79 Å². The Kier molecular flexibility index (Phi) is 8.76. The van der Waals surface area contributed by atoms with E-state index in [0.29, 0.717) is 46.0 Å². The van der Waals surface area contributed by atoms with Gasteiger partial charge in [-0.05, 0) is 55.8 Å². The van der Waals surface area contributed by atoms with E-state index in [2.05, 4.69) is 0 Å². The molecule has 0 N–H and O–H groups in total. The van der Waals surface area contributed by atoms with Gasteiger partial charge >= 0.3 is 11.7 Å². The number of fused-ring (bicyclic) bond motifs is 1. The van der Waals surface area contributed by atoms with Crippen LogP contribution in [0.15, 0.2) is 74.0 Å². The molecule has 2 aromatic carbocycles. The Bertz CT molecular complexity index is 1970. The van der Waals surface area contributed by atoms with Crippen molar-refractivity contribution in [2.45, 2.75) is 32.7 Å². The van der Waals surface area contributed by atoms with Crippen molar-refractivity contribution >= 4 is 29.1 Å². The standard InChI is InChI=1S/C31H28FN3O8S/c1-5-7-22-27(30(37)42-6-2)28(20-15-18(40-3)9-13-25(20)41-4)34-29(36)26(44-31(34)33-22)16-19-10-12-24(43-19)17-8-11-21(32)23(14-17)35(38)39/h8-16,28H,5-7H2,1-4H3/b26-16-/t28-/m1/s1. The van der Waals surface area contributed by atoms with Gasteiger partial charge in [0.05, 0.1) is 41.6 Å². The Morgan fingerprint density at radius 1 is 1.16 bits per heavy atom. The van der Waals surface area contributed by atoms with Crippen LogP contribution < -0.4 is 24.4 Å². The number of ether oxygens (including phenoxy) is 3. The van der Waals surface area contributed by atoms with E-state index in [4.69, 9.17) is 23.6 Å². The summed E-state index contributed by atoms with van der Waals surface area (Å²) in [5, 5.41) is 11.2. The summed E-state index contributed by atoms with van der Waals surface area (Å²) in [4.78, 5) is 43.0. The van der Waals surface area contributed by atoms with Crippen LogP contribution in [-0.2, 0) is 9.53 Å². The predicted octanol–water partition coefficient (Wildman–Crippen LogP) is 4.90. The predicted molar refractivity (Wildman–Crippen MR) is 160 cm³/mol. The van der Waals surface area contributed by atoms with Crippen LogP contribution in [0.5, 0.6) is 11.5 Å². The highest BCUT2D eigenvalue weighted by Crippen LogP contribution is 2.39. The van der Waals surface area contributed by atoms with Crippen LogP contribution in [0.25, 0.3) is 17.4 Å². The number of allylic oxidation sites excluding steroid dienone is 1. The van der Waals surface area contributed by atoms with Gasteiger partial charge < -0.3 is 18.6 Å². The first-order valence-corrected chi connectivity index (χ1v) is 14.5. The molecule has 4 aromatic rings. The summed E-state index contributed by atoms with van der Waals surface area (Å²) in [6.07, 6.45) is 2.68. The zero-order valence-electron chi connectivity index (χ0n) is 24.3. The number of esters is 1. The van der Waals surface area contributed by atoms with Gasteiger partial charge in [-0.3, -0.25) is 19.5 Å². The number of methoxy groups -OCH3 is 2. The smallest absolute Gasteiger partial charge is 0.338 e. The second kappa shape index (κ2) is 12.7. The molecule has 0 unspecified atom stereocenters. The van der Waals surface area contributed by atoms with Gasteiger partial charge in [0.2, 0.25) is 5.82 Å². The van der Waals surface area contributed by atoms with Gasteiger partial charge in [0.1, 0.15) is 29.1 Å². The number of carbonyl (C=O) groups excluding carboxylic acids is 1. The first kappa shape index (κ1) is 30.4. The highest BCUT2D eigenvalue weighted by atomic mass is 32.1. The molecule has 0 saturated carbocycles. The molecular weight excluding hydrogens is 593 g/mol. The summed E-state index contributed by atoms with van der Waals surface area (Å²) >= 11 is 1.12. The molecule has 5 rings (SSSR count). The molecule has 0 spiro atoms. The maximum atomic E-state index is 14.1. The largest absolute Gasteiger partial charge is 0.497 e. The lowest BCUT2D eigenvalue weighted by Crippen LogP contribution is -2.40. The van der Waals surface area contributed by atoms with E-state index >= 15 is 0 Å². The van der Waals surface area contributed by atoms with Crippen molar-refractivity contribution in [3.63, 3.8) is 0 Å². The summed E-state index contributed by atoms with van der Waals surface area (Å²) in [5.74, 6) is -0.0724. The lowest BCUT2D eigenvalue weighted by atomic mass is 9.93. The summed E-state index contributed by atoms with van der Waals surface area (Å²) in [5.41, 5.74) is 0.444. The number of nitro groups is 1. The molecule has 0 aliphatic carbocycles. The average Bonchev–Trinajstić information content (AvgIpc) is 3.60. The molecule has 13 heteroatoms. The molecule has 3 heterocycles. The Hall–Kier alpha value is -5.04. The Labute approximate surface area is 254 Å². The molecule has 1 aliphatic heterocycles. The first-order chi connectivity index (χ1) is 21.2. The quantitative estimate of drug-likeness (QED) is 0.139. The van der Waals surface area contributed by atoms with E-state index in [9.17, 15) is 24.1 Å². The van der Waals surface area contributed by atoms with Crippen LogP contribution in [0, 0.1) is 15.9 Å². The molecule has 1 atom stereocenters. The van der Waals surface area contributed by atoms with Crippen molar-refractivity contribution in [2.75, 3.05) is 20.8 Å². The van der Waals surface area contributed by atoms with Gasteiger partial charge in [0, 0.05) is 23.3 Å². The van der Waals surface area contributed by atoms with E-state index in [0.717, 1.165) is 23.5 Å². The third-order valence-electron chi connectivity index (χ3n) is 6.95. The third-order valence-corrected chi connectivity index (χ3v) is 7.93. The Morgan fingerprint density at radius 2 is 1.95 bits per heavy atom. The van der Waals surface area contributed by atoms with E-state index in [1.54, 1.807) is 37.3 Å². The summed E-state index contributed by atoms with van der Waals surface area (Å²) in [6.45, 7) is 3.80. The molecular formula is C31H28FN3O8S. The van der Waals surface area contributed by atoms with Crippen LogP contribution in [0.3, 0.4) is 0 Å². The van der Waals surface area contributed by atoms with Crippen molar-refractivity contribution in [1.29, 1.82) is 0 Å². The zero-order valence-corrected chi connectivity index (χ0v) is 25.1. The van der Waals surface area contributed by atoms with Gasteiger partial charge in [-0.1, -0.05) is 24.7 Å².